The van der Waals surface area contributed by atoms with Gasteiger partial charge in [0.25, 0.3) is 0 Å². The molecule has 0 saturated carbocycles. The van der Waals surface area contributed by atoms with Gasteiger partial charge in [0.2, 0.25) is 0 Å². The molecule has 136 valence electrons. The number of pyridine rings is 1. The lowest BCUT2D eigenvalue weighted by molar-refractivity contribution is -0.141. The maximum absolute atomic E-state index is 12.8. The average Bonchev–Trinajstić information content (AvgIpc) is 2.92. The SMILES string of the molecule is Cc1ccc2c(c1)c(C(=O)Cc1ccnc(C(F)(F)F)c1)cn2CCO. The van der Waals surface area contributed by atoms with Crippen LogP contribution in [0.4, 0.5) is 13.2 Å². The highest BCUT2D eigenvalue weighted by Gasteiger charge is 2.32. The Kier molecular flexibility index (Phi) is 4.82. The normalized spacial score (nSPS) is 11.9. The van der Waals surface area contributed by atoms with E-state index >= 15 is 0 Å². The van der Waals surface area contributed by atoms with Crippen LogP contribution in [0.5, 0.6) is 0 Å². The number of alkyl halides is 3. The highest BCUT2D eigenvalue weighted by Crippen LogP contribution is 2.28. The number of aliphatic hydroxyl groups excluding tert-OH is 1. The molecule has 0 aliphatic rings. The van der Waals surface area contributed by atoms with Gasteiger partial charge in [-0.2, -0.15) is 13.2 Å². The predicted octanol–water partition coefficient (Wildman–Crippen LogP) is 3.78. The third-order valence-electron chi connectivity index (χ3n) is 4.16. The second-order valence-corrected chi connectivity index (χ2v) is 6.13. The summed E-state index contributed by atoms with van der Waals surface area (Å²) in [6.45, 7) is 2.15. The molecule has 0 spiro atoms. The molecule has 0 saturated heterocycles. The second-order valence-electron chi connectivity index (χ2n) is 6.13. The van der Waals surface area contributed by atoms with E-state index in [4.69, 9.17) is 0 Å². The first-order valence-corrected chi connectivity index (χ1v) is 8.05. The maximum atomic E-state index is 12.8. The van der Waals surface area contributed by atoms with Crippen LogP contribution in [0, 0.1) is 6.92 Å². The van der Waals surface area contributed by atoms with E-state index in [9.17, 15) is 23.1 Å². The summed E-state index contributed by atoms with van der Waals surface area (Å²) in [4.78, 5) is 16.1. The summed E-state index contributed by atoms with van der Waals surface area (Å²) < 4.78 is 40.2. The number of benzene rings is 1. The Balaban J connectivity index is 1.97. The molecule has 0 unspecified atom stereocenters. The molecule has 0 amide bonds. The standard InChI is InChI=1S/C19H17F3N2O2/c1-12-2-3-16-14(8-12)15(11-24(16)6-7-25)17(26)9-13-4-5-23-18(10-13)19(20,21)22/h2-5,8,10-11,25H,6-7,9H2,1H3. The van der Waals surface area contributed by atoms with E-state index in [0.29, 0.717) is 12.1 Å². The molecule has 1 aromatic carbocycles. The van der Waals surface area contributed by atoms with Gasteiger partial charge in [0, 0.05) is 41.8 Å². The first-order chi connectivity index (χ1) is 12.3. The second kappa shape index (κ2) is 6.92. The van der Waals surface area contributed by atoms with E-state index in [0.717, 1.165) is 28.7 Å². The molecule has 0 aliphatic heterocycles. The van der Waals surface area contributed by atoms with Gasteiger partial charge in [-0.3, -0.25) is 9.78 Å². The zero-order valence-corrected chi connectivity index (χ0v) is 14.0. The van der Waals surface area contributed by atoms with Gasteiger partial charge in [0.1, 0.15) is 5.69 Å². The van der Waals surface area contributed by atoms with E-state index < -0.39 is 11.9 Å². The monoisotopic (exact) mass is 362 g/mol. The summed E-state index contributed by atoms with van der Waals surface area (Å²) in [7, 11) is 0. The third kappa shape index (κ3) is 3.62. The molecule has 0 aliphatic carbocycles. The highest BCUT2D eigenvalue weighted by molar-refractivity contribution is 6.09. The molecule has 1 N–H and O–H groups in total. The summed E-state index contributed by atoms with van der Waals surface area (Å²) in [5.74, 6) is -0.281. The first kappa shape index (κ1) is 18.1. The zero-order chi connectivity index (χ0) is 18.9. The van der Waals surface area contributed by atoms with Crippen LogP contribution < -0.4 is 0 Å². The van der Waals surface area contributed by atoms with Crippen LogP contribution in [-0.2, 0) is 19.1 Å². The smallest absolute Gasteiger partial charge is 0.395 e. The molecule has 2 heterocycles. The molecule has 3 rings (SSSR count). The number of aromatic nitrogens is 2. The average molecular weight is 362 g/mol. The van der Waals surface area contributed by atoms with Crippen molar-refractivity contribution in [1.29, 1.82) is 0 Å². The van der Waals surface area contributed by atoms with Crippen molar-refractivity contribution in [2.75, 3.05) is 6.61 Å². The Morgan fingerprint density at radius 3 is 2.69 bits per heavy atom. The van der Waals surface area contributed by atoms with E-state index in [-0.39, 0.29) is 24.4 Å². The number of fused-ring (bicyclic) bond motifs is 1. The summed E-state index contributed by atoms with van der Waals surface area (Å²) >= 11 is 0. The van der Waals surface area contributed by atoms with E-state index in [1.54, 1.807) is 10.8 Å². The lowest BCUT2D eigenvalue weighted by Crippen LogP contribution is -2.10. The van der Waals surface area contributed by atoms with Gasteiger partial charge < -0.3 is 9.67 Å². The zero-order valence-electron chi connectivity index (χ0n) is 14.0. The Morgan fingerprint density at radius 1 is 1.23 bits per heavy atom. The van der Waals surface area contributed by atoms with Gasteiger partial charge >= 0.3 is 6.18 Å². The van der Waals surface area contributed by atoms with E-state index in [1.807, 2.05) is 25.1 Å². The Morgan fingerprint density at radius 2 is 2.00 bits per heavy atom. The molecular weight excluding hydrogens is 345 g/mol. The van der Waals surface area contributed by atoms with Crippen LogP contribution in [0.1, 0.15) is 27.2 Å². The Bertz CT molecular complexity index is 961. The summed E-state index contributed by atoms with van der Waals surface area (Å²) in [5, 5.41) is 9.93. The highest BCUT2D eigenvalue weighted by atomic mass is 19.4. The largest absolute Gasteiger partial charge is 0.433 e. The number of aliphatic hydroxyl groups is 1. The van der Waals surface area contributed by atoms with Crippen LogP contribution in [0.2, 0.25) is 0 Å². The van der Waals surface area contributed by atoms with Crippen molar-refractivity contribution in [3.05, 3.63) is 65.1 Å². The number of halogens is 3. The van der Waals surface area contributed by atoms with Crippen LogP contribution >= 0.6 is 0 Å². The van der Waals surface area contributed by atoms with Crippen LogP contribution in [0.15, 0.2) is 42.7 Å². The van der Waals surface area contributed by atoms with Crippen molar-refractivity contribution in [1.82, 2.24) is 9.55 Å². The van der Waals surface area contributed by atoms with Gasteiger partial charge in [0.15, 0.2) is 5.78 Å². The van der Waals surface area contributed by atoms with Crippen LogP contribution in [0.25, 0.3) is 10.9 Å². The predicted molar refractivity (Wildman–Crippen MR) is 91.0 cm³/mol. The fourth-order valence-corrected chi connectivity index (χ4v) is 2.95. The number of carbonyl (C=O) groups excluding carboxylic acids is 1. The van der Waals surface area contributed by atoms with Crippen LogP contribution in [0.3, 0.4) is 0 Å². The van der Waals surface area contributed by atoms with Crippen molar-refractivity contribution < 1.29 is 23.1 Å². The molecule has 0 atom stereocenters. The van der Waals surface area contributed by atoms with Crippen molar-refractivity contribution >= 4 is 16.7 Å². The maximum Gasteiger partial charge on any atom is 0.433 e. The number of ketones is 1. The quantitative estimate of drug-likeness (QED) is 0.703. The molecule has 0 radical (unpaired) electrons. The minimum atomic E-state index is -4.55. The van der Waals surface area contributed by atoms with Crippen molar-refractivity contribution in [2.45, 2.75) is 26.1 Å². The van der Waals surface area contributed by atoms with Gasteiger partial charge in [-0.25, -0.2) is 0 Å². The first-order valence-electron chi connectivity index (χ1n) is 8.05. The lowest BCUT2D eigenvalue weighted by atomic mass is 10.0. The number of Topliss-reactive ketones (excluding diaryl/α,β-unsaturated/α-hetero) is 1. The Hall–Kier alpha value is -2.67. The number of hydrogen-bond acceptors (Lipinski definition) is 3. The van der Waals surface area contributed by atoms with Crippen molar-refractivity contribution in [3.63, 3.8) is 0 Å². The summed E-state index contributed by atoms with van der Waals surface area (Å²) in [5.41, 5.74) is 1.45. The summed E-state index contributed by atoms with van der Waals surface area (Å²) in [6.07, 6.45) is -2.00. The molecule has 26 heavy (non-hydrogen) atoms. The fourth-order valence-electron chi connectivity index (χ4n) is 2.95. The molecule has 3 aromatic rings. The number of hydrogen-bond donors (Lipinski definition) is 1. The summed E-state index contributed by atoms with van der Waals surface area (Å²) in [6, 6.07) is 7.94. The van der Waals surface area contributed by atoms with Crippen molar-refractivity contribution in [3.8, 4) is 0 Å². The fraction of sp³-hybridized carbons (Fsp3) is 0.263. The topological polar surface area (TPSA) is 55.1 Å². The molecule has 7 heteroatoms. The van der Waals surface area contributed by atoms with Crippen LogP contribution in [-0.4, -0.2) is 27.0 Å². The van der Waals surface area contributed by atoms with Crippen molar-refractivity contribution in [2.24, 2.45) is 0 Å². The molecular formula is C19H17F3N2O2. The molecule has 0 bridgehead atoms. The van der Waals surface area contributed by atoms with E-state index in [1.165, 1.54) is 6.07 Å². The number of rotatable bonds is 5. The lowest BCUT2D eigenvalue weighted by Gasteiger charge is -2.07. The van der Waals surface area contributed by atoms with Gasteiger partial charge in [-0.1, -0.05) is 11.6 Å². The minimum Gasteiger partial charge on any atom is -0.395 e. The number of aryl methyl sites for hydroxylation is 1. The third-order valence-corrected chi connectivity index (χ3v) is 4.16. The molecule has 4 nitrogen and oxygen atoms in total. The minimum absolute atomic E-state index is 0.0788. The number of carbonyl (C=O) groups is 1. The van der Waals surface area contributed by atoms with Gasteiger partial charge in [0.05, 0.1) is 6.61 Å². The van der Waals surface area contributed by atoms with E-state index in [2.05, 4.69) is 4.98 Å². The molecule has 0 fully saturated rings. The Labute approximate surface area is 147 Å². The molecule has 2 aromatic heterocycles. The van der Waals surface area contributed by atoms with Gasteiger partial charge in [-0.05, 0) is 36.8 Å². The van der Waals surface area contributed by atoms with Gasteiger partial charge in [-0.15, -0.1) is 0 Å². The number of nitrogens with zero attached hydrogens (tertiary/aromatic N) is 2.